The molecule has 0 radical (unpaired) electrons. The maximum Gasteiger partial charge on any atom is 0.313 e. The number of rotatable bonds is 8. The summed E-state index contributed by atoms with van der Waals surface area (Å²) in [6, 6.07) is 21.4. The van der Waals surface area contributed by atoms with Crippen molar-refractivity contribution in [3.63, 3.8) is 0 Å². The number of likely N-dealkylation sites (N-methyl/N-ethyl adjacent to an activating group) is 1. The van der Waals surface area contributed by atoms with Crippen LogP contribution in [0.3, 0.4) is 0 Å². The second-order valence-electron chi connectivity index (χ2n) is 7.28. The van der Waals surface area contributed by atoms with Gasteiger partial charge in [-0.3, -0.25) is 9.59 Å². The van der Waals surface area contributed by atoms with Gasteiger partial charge in [-0.15, -0.1) is 0 Å². The van der Waals surface area contributed by atoms with E-state index in [4.69, 9.17) is 9.47 Å². The lowest BCUT2D eigenvalue weighted by Gasteiger charge is -2.19. The Bertz CT molecular complexity index is 1020. The monoisotopic (exact) mass is 405 g/mol. The Morgan fingerprint density at radius 2 is 1.67 bits per heavy atom. The van der Waals surface area contributed by atoms with Gasteiger partial charge in [-0.05, 0) is 46.5 Å². The van der Waals surface area contributed by atoms with E-state index in [1.165, 1.54) is 0 Å². The van der Waals surface area contributed by atoms with Crippen LogP contribution in [0.5, 0.6) is 5.75 Å². The number of hydrogen-bond acceptors (Lipinski definition) is 4. The number of benzene rings is 3. The minimum Gasteiger partial charge on any atom is -0.497 e. The van der Waals surface area contributed by atoms with Crippen LogP contribution >= 0.6 is 0 Å². The smallest absolute Gasteiger partial charge is 0.313 e. The number of methoxy groups -OCH3 is 1. The third-order valence-electron chi connectivity index (χ3n) is 5.19. The van der Waals surface area contributed by atoms with E-state index in [9.17, 15) is 9.59 Å². The molecule has 0 unspecified atom stereocenters. The van der Waals surface area contributed by atoms with Gasteiger partial charge in [0.25, 0.3) is 5.91 Å². The van der Waals surface area contributed by atoms with Crippen LogP contribution in [0.2, 0.25) is 0 Å². The molecule has 0 bridgehead atoms. The number of ether oxygens (including phenoxy) is 2. The largest absolute Gasteiger partial charge is 0.497 e. The van der Waals surface area contributed by atoms with Gasteiger partial charge in [0.1, 0.15) is 5.75 Å². The molecule has 0 fully saturated rings. The van der Waals surface area contributed by atoms with Crippen LogP contribution in [0.15, 0.2) is 66.7 Å². The quantitative estimate of drug-likeness (QED) is 0.516. The molecule has 1 amide bonds. The van der Waals surface area contributed by atoms with E-state index < -0.39 is 0 Å². The number of amides is 1. The van der Waals surface area contributed by atoms with Crippen molar-refractivity contribution < 1.29 is 19.1 Å². The van der Waals surface area contributed by atoms with Gasteiger partial charge in [0.05, 0.1) is 13.0 Å². The standard InChI is InChI=1S/C25H27NO4/c1-4-23(19-8-6-5-7-9-19)25(28)30-17-24(27)26(2)16-18-10-11-21-15-22(29-3)13-12-20(21)14-18/h5-15,23H,4,16-17H2,1-3H3/t23-/m0/s1. The zero-order chi connectivity index (χ0) is 21.5. The number of fused-ring (bicyclic) bond motifs is 1. The van der Waals surface area contributed by atoms with Crippen molar-refractivity contribution in [2.75, 3.05) is 20.8 Å². The molecular formula is C25H27NO4. The van der Waals surface area contributed by atoms with Crippen LogP contribution < -0.4 is 4.74 Å². The van der Waals surface area contributed by atoms with Crippen molar-refractivity contribution in [2.24, 2.45) is 0 Å². The van der Waals surface area contributed by atoms with Crippen molar-refractivity contribution in [1.82, 2.24) is 4.90 Å². The summed E-state index contributed by atoms with van der Waals surface area (Å²) in [5.41, 5.74) is 1.91. The Labute approximate surface area is 177 Å². The fourth-order valence-electron chi connectivity index (χ4n) is 3.43. The Kier molecular flexibility index (Phi) is 7.07. The maximum absolute atomic E-state index is 12.5. The van der Waals surface area contributed by atoms with Crippen molar-refractivity contribution in [2.45, 2.75) is 25.8 Å². The van der Waals surface area contributed by atoms with Gasteiger partial charge in [0, 0.05) is 13.6 Å². The lowest BCUT2D eigenvalue weighted by Crippen LogP contribution is -2.31. The van der Waals surface area contributed by atoms with Crippen molar-refractivity contribution in [1.29, 1.82) is 0 Å². The molecule has 0 heterocycles. The van der Waals surface area contributed by atoms with E-state index in [-0.39, 0.29) is 24.4 Å². The third kappa shape index (κ3) is 5.17. The molecule has 0 spiro atoms. The molecule has 156 valence electrons. The van der Waals surface area contributed by atoms with Crippen LogP contribution in [0.4, 0.5) is 0 Å². The first kappa shape index (κ1) is 21.4. The van der Waals surface area contributed by atoms with Crippen LogP contribution in [0, 0.1) is 0 Å². The molecule has 3 rings (SSSR count). The Hall–Kier alpha value is -3.34. The van der Waals surface area contributed by atoms with E-state index in [2.05, 4.69) is 0 Å². The lowest BCUT2D eigenvalue weighted by molar-refractivity contribution is -0.153. The van der Waals surface area contributed by atoms with Gasteiger partial charge in [0.2, 0.25) is 0 Å². The van der Waals surface area contributed by atoms with Gasteiger partial charge in [-0.2, -0.15) is 0 Å². The highest BCUT2D eigenvalue weighted by molar-refractivity contribution is 5.85. The molecule has 30 heavy (non-hydrogen) atoms. The molecular weight excluding hydrogens is 378 g/mol. The third-order valence-corrected chi connectivity index (χ3v) is 5.19. The minimum atomic E-state index is -0.370. The average Bonchev–Trinajstić information content (AvgIpc) is 2.78. The lowest BCUT2D eigenvalue weighted by atomic mass is 9.97. The van der Waals surface area contributed by atoms with E-state index >= 15 is 0 Å². The summed E-state index contributed by atoms with van der Waals surface area (Å²) in [7, 11) is 3.36. The zero-order valence-electron chi connectivity index (χ0n) is 17.6. The number of carbonyl (C=O) groups is 2. The Morgan fingerprint density at radius 3 is 2.37 bits per heavy atom. The van der Waals surface area contributed by atoms with Crippen LogP contribution in [0.25, 0.3) is 10.8 Å². The number of hydrogen-bond donors (Lipinski definition) is 0. The maximum atomic E-state index is 12.5. The molecule has 1 atom stereocenters. The summed E-state index contributed by atoms with van der Waals surface area (Å²) in [6.07, 6.45) is 0.620. The molecule has 0 saturated carbocycles. The summed E-state index contributed by atoms with van der Waals surface area (Å²) in [5, 5.41) is 2.15. The molecule has 5 heteroatoms. The molecule has 3 aromatic carbocycles. The second kappa shape index (κ2) is 9.92. The molecule has 0 aliphatic carbocycles. The predicted molar refractivity (Wildman–Crippen MR) is 117 cm³/mol. The highest BCUT2D eigenvalue weighted by atomic mass is 16.5. The molecule has 0 N–H and O–H groups in total. The van der Waals surface area contributed by atoms with E-state index in [1.54, 1.807) is 19.1 Å². The normalized spacial score (nSPS) is 11.7. The first-order chi connectivity index (χ1) is 14.5. The summed E-state index contributed by atoms with van der Waals surface area (Å²) in [6.45, 7) is 2.11. The summed E-state index contributed by atoms with van der Waals surface area (Å²) in [5.74, 6) is -0.154. The van der Waals surface area contributed by atoms with Crippen molar-refractivity contribution in [3.8, 4) is 5.75 Å². The topological polar surface area (TPSA) is 55.8 Å². The Balaban J connectivity index is 1.58. The van der Waals surface area contributed by atoms with Gasteiger partial charge in [-0.25, -0.2) is 0 Å². The highest BCUT2D eigenvalue weighted by Crippen LogP contribution is 2.23. The number of nitrogens with zero attached hydrogens (tertiary/aromatic N) is 1. The molecule has 3 aromatic rings. The van der Waals surface area contributed by atoms with Gasteiger partial charge < -0.3 is 14.4 Å². The fraction of sp³-hybridized carbons (Fsp3) is 0.280. The molecule has 5 nitrogen and oxygen atoms in total. The van der Waals surface area contributed by atoms with Crippen LogP contribution in [-0.4, -0.2) is 37.5 Å². The van der Waals surface area contributed by atoms with E-state index in [0.29, 0.717) is 13.0 Å². The molecule has 0 aliphatic rings. The number of carbonyl (C=O) groups excluding carboxylic acids is 2. The Morgan fingerprint density at radius 1 is 0.967 bits per heavy atom. The average molecular weight is 405 g/mol. The van der Waals surface area contributed by atoms with E-state index in [0.717, 1.165) is 27.6 Å². The SMILES string of the molecule is CC[C@H](C(=O)OCC(=O)N(C)Cc1ccc2cc(OC)ccc2c1)c1ccccc1. The summed E-state index contributed by atoms with van der Waals surface area (Å²) < 4.78 is 10.6. The zero-order valence-corrected chi connectivity index (χ0v) is 17.6. The van der Waals surface area contributed by atoms with Gasteiger partial charge >= 0.3 is 5.97 Å². The summed E-state index contributed by atoms with van der Waals surface area (Å²) in [4.78, 5) is 26.5. The highest BCUT2D eigenvalue weighted by Gasteiger charge is 2.21. The molecule has 0 aromatic heterocycles. The van der Waals surface area contributed by atoms with Crippen LogP contribution in [0.1, 0.15) is 30.4 Å². The number of esters is 1. The van der Waals surface area contributed by atoms with Crippen molar-refractivity contribution >= 4 is 22.6 Å². The summed E-state index contributed by atoms with van der Waals surface area (Å²) >= 11 is 0. The van der Waals surface area contributed by atoms with Crippen molar-refractivity contribution in [3.05, 3.63) is 77.9 Å². The minimum absolute atomic E-state index is 0.235. The second-order valence-corrected chi connectivity index (χ2v) is 7.28. The predicted octanol–water partition coefficient (Wildman–Crippen LogP) is 4.54. The van der Waals surface area contributed by atoms with E-state index in [1.807, 2.05) is 73.7 Å². The van der Waals surface area contributed by atoms with Gasteiger partial charge in [-0.1, -0.05) is 55.5 Å². The fourth-order valence-corrected chi connectivity index (χ4v) is 3.43. The molecule has 0 saturated heterocycles. The molecule has 0 aliphatic heterocycles. The van der Waals surface area contributed by atoms with Gasteiger partial charge in [0.15, 0.2) is 6.61 Å². The first-order valence-corrected chi connectivity index (χ1v) is 10.0. The van der Waals surface area contributed by atoms with Crippen LogP contribution in [-0.2, 0) is 20.9 Å². The first-order valence-electron chi connectivity index (χ1n) is 10.0.